The number of likely N-dealkylation sites (tertiary alicyclic amines) is 1. The number of hydrogen-bond acceptors (Lipinski definition) is 10. The molecule has 0 saturated carbocycles. The average molecular weight is 757 g/mol. The number of esters is 1. The lowest BCUT2D eigenvalue weighted by Crippen LogP contribution is -2.48. The van der Waals surface area contributed by atoms with Crippen molar-refractivity contribution in [1.29, 1.82) is 0 Å². The van der Waals surface area contributed by atoms with Gasteiger partial charge in [-0.05, 0) is 56.7 Å². The van der Waals surface area contributed by atoms with Gasteiger partial charge in [-0.2, -0.15) is 0 Å². The number of carbonyl (C=O) groups excluding carboxylic acids is 4. The number of ketones is 1. The monoisotopic (exact) mass is 756 g/mol. The maximum atomic E-state index is 14.2. The van der Waals surface area contributed by atoms with Gasteiger partial charge in [0.25, 0.3) is 5.91 Å². The minimum absolute atomic E-state index is 0.0652. The van der Waals surface area contributed by atoms with Gasteiger partial charge in [0.05, 0.1) is 12.0 Å². The summed E-state index contributed by atoms with van der Waals surface area (Å²) in [5, 5.41) is 22.9. The van der Waals surface area contributed by atoms with Crippen molar-refractivity contribution in [1.82, 2.24) is 20.1 Å². The number of ether oxygens (including phenoxy) is 1. The summed E-state index contributed by atoms with van der Waals surface area (Å²) < 4.78 is 5.83. The Morgan fingerprint density at radius 3 is 2.28 bits per heavy atom. The van der Waals surface area contributed by atoms with E-state index < -0.39 is 47.9 Å². The molecule has 53 heavy (non-hydrogen) atoms. The number of nitrogens with zero attached hydrogens (tertiary/aromatic N) is 3. The number of thiazole rings is 1. The quantitative estimate of drug-likeness (QED) is 0.151. The number of carbonyl (C=O) groups is 5. The summed E-state index contributed by atoms with van der Waals surface area (Å²) in [5.41, 5.74) is 1.01. The number of amides is 2. The van der Waals surface area contributed by atoms with Crippen LogP contribution in [0.25, 0.3) is 0 Å². The summed E-state index contributed by atoms with van der Waals surface area (Å²) in [4.78, 5) is 74.7. The summed E-state index contributed by atoms with van der Waals surface area (Å²) in [6.45, 7) is 11.4. The average Bonchev–Trinajstić information content (AvgIpc) is 3.52. The zero-order chi connectivity index (χ0) is 39.4. The van der Waals surface area contributed by atoms with Gasteiger partial charge in [-0.15, -0.1) is 11.3 Å². The molecule has 0 spiro atoms. The number of carboxylic acid groups (broad SMARTS) is 1. The van der Waals surface area contributed by atoms with Crippen LogP contribution in [0.1, 0.15) is 112 Å². The van der Waals surface area contributed by atoms with Crippen LogP contribution in [0.5, 0.6) is 0 Å². The smallest absolute Gasteiger partial charge is 0.306 e. The molecule has 1 aliphatic heterocycles. The topological polar surface area (TPSA) is 166 Å². The molecular formula is C40H60N4O8S. The Kier molecular flexibility index (Phi) is 17.1. The minimum Gasteiger partial charge on any atom is -0.481 e. The normalized spacial score (nSPS) is 17.8. The number of rotatable bonds is 20. The molecule has 1 aromatic heterocycles. The standard InChI is InChI=1S/C40H60N4O8S/c1-24(2)30(22-33(47)31-16-12-13-18-43(31)7)39(49)44(8)32(25(3)4)23-34(52-27(6)46)38-42-36(35(53-38)17-19-45)37(48)41-29(20-26(5)40(50)51)21-28-14-10-9-11-15-28/h9-11,14-15,24-26,29-32,34,45H,12-13,16-23H2,1-8H3,(H,41,48)(H,50,51)/t26-,29+,30-,31+,32+,34+/m0/s1. The van der Waals surface area contributed by atoms with Gasteiger partial charge < -0.3 is 25.2 Å². The third-order valence-corrected chi connectivity index (χ3v) is 11.5. The van der Waals surface area contributed by atoms with E-state index in [2.05, 4.69) is 15.2 Å². The molecule has 3 rings (SSSR count). The summed E-state index contributed by atoms with van der Waals surface area (Å²) in [6.07, 6.45) is 3.02. The van der Waals surface area contributed by atoms with E-state index in [0.29, 0.717) is 16.3 Å². The molecule has 1 saturated heterocycles. The number of aliphatic hydroxyl groups is 1. The zero-order valence-corrected chi connectivity index (χ0v) is 33.5. The Balaban J connectivity index is 1.90. The lowest BCUT2D eigenvalue weighted by Gasteiger charge is -2.37. The number of piperidine rings is 1. The fourth-order valence-electron chi connectivity index (χ4n) is 7.19. The largest absolute Gasteiger partial charge is 0.481 e. The molecule has 2 heterocycles. The van der Waals surface area contributed by atoms with Crippen molar-refractivity contribution >= 4 is 40.9 Å². The first-order valence-corrected chi connectivity index (χ1v) is 19.7. The number of aliphatic carboxylic acids is 1. The van der Waals surface area contributed by atoms with Gasteiger partial charge in [-0.1, -0.05) is 71.4 Å². The van der Waals surface area contributed by atoms with E-state index in [-0.39, 0.29) is 67.6 Å². The Morgan fingerprint density at radius 1 is 1.04 bits per heavy atom. The van der Waals surface area contributed by atoms with Gasteiger partial charge in [0.1, 0.15) is 10.7 Å². The molecular weight excluding hydrogens is 697 g/mol. The van der Waals surface area contributed by atoms with E-state index in [1.165, 1.54) is 18.3 Å². The van der Waals surface area contributed by atoms with E-state index >= 15 is 0 Å². The molecule has 13 heteroatoms. The number of Topliss-reactive ketones (excluding diaryl/α,β-unsaturated/α-hetero) is 1. The Labute approximate surface area is 318 Å². The van der Waals surface area contributed by atoms with Crippen LogP contribution in [0.15, 0.2) is 30.3 Å². The first-order valence-electron chi connectivity index (χ1n) is 18.9. The minimum atomic E-state index is -0.968. The maximum absolute atomic E-state index is 14.2. The van der Waals surface area contributed by atoms with Crippen LogP contribution >= 0.6 is 11.3 Å². The van der Waals surface area contributed by atoms with Gasteiger partial charge in [0, 0.05) is 62.7 Å². The van der Waals surface area contributed by atoms with Crippen LogP contribution in [0.2, 0.25) is 0 Å². The van der Waals surface area contributed by atoms with Crippen molar-refractivity contribution in [3.05, 3.63) is 51.5 Å². The van der Waals surface area contributed by atoms with E-state index in [0.717, 1.165) is 31.4 Å². The van der Waals surface area contributed by atoms with Crippen LogP contribution in [-0.4, -0.2) is 99.9 Å². The molecule has 0 unspecified atom stereocenters. The van der Waals surface area contributed by atoms with Crippen molar-refractivity contribution in [3.8, 4) is 0 Å². The number of benzene rings is 1. The van der Waals surface area contributed by atoms with Crippen molar-refractivity contribution in [2.45, 2.75) is 117 Å². The second-order valence-electron chi connectivity index (χ2n) is 15.2. The van der Waals surface area contributed by atoms with E-state index in [1.54, 1.807) is 18.9 Å². The fourth-order valence-corrected chi connectivity index (χ4v) is 8.29. The van der Waals surface area contributed by atoms with Crippen molar-refractivity contribution in [3.63, 3.8) is 0 Å². The SMILES string of the molecule is CC(=O)O[C@H](C[C@H](C(C)C)N(C)C(=O)[C@@H](CC(=O)[C@H]1CCCCN1C)C(C)C)c1nc(C(=O)N[C@@H](Cc2ccccc2)C[C@H](C)C(=O)O)c(CCO)s1. The maximum Gasteiger partial charge on any atom is 0.306 e. The number of nitrogens with one attached hydrogen (secondary N) is 1. The highest BCUT2D eigenvalue weighted by Gasteiger charge is 2.37. The molecule has 1 fully saturated rings. The number of aliphatic hydroxyl groups excluding tert-OH is 1. The number of likely N-dealkylation sites (N-methyl/N-ethyl adjacent to an activating group) is 1. The number of carboxylic acids is 1. The van der Waals surface area contributed by atoms with Crippen LogP contribution in [-0.2, 0) is 36.8 Å². The van der Waals surface area contributed by atoms with Crippen LogP contribution in [0.4, 0.5) is 0 Å². The third kappa shape index (κ3) is 12.7. The molecule has 2 aromatic rings. The van der Waals surface area contributed by atoms with Gasteiger partial charge >= 0.3 is 11.9 Å². The molecule has 6 atom stereocenters. The van der Waals surface area contributed by atoms with E-state index in [1.807, 2.05) is 65.1 Å². The third-order valence-electron chi connectivity index (χ3n) is 10.3. The molecule has 3 N–H and O–H groups in total. The summed E-state index contributed by atoms with van der Waals surface area (Å²) in [7, 11) is 3.69. The van der Waals surface area contributed by atoms with Crippen molar-refractivity contribution < 1.29 is 38.9 Å². The van der Waals surface area contributed by atoms with Gasteiger partial charge in [-0.25, -0.2) is 4.98 Å². The molecule has 12 nitrogen and oxygen atoms in total. The Bertz CT molecular complexity index is 1530. The molecule has 0 aliphatic carbocycles. The Hall–Kier alpha value is -3.68. The van der Waals surface area contributed by atoms with Crippen LogP contribution in [0.3, 0.4) is 0 Å². The summed E-state index contributed by atoms with van der Waals surface area (Å²) in [5.74, 6) is -3.47. The summed E-state index contributed by atoms with van der Waals surface area (Å²) >= 11 is 1.17. The highest BCUT2D eigenvalue weighted by Crippen LogP contribution is 2.34. The van der Waals surface area contributed by atoms with Gasteiger partial charge in [-0.3, -0.25) is 28.9 Å². The molecule has 294 valence electrons. The van der Waals surface area contributed by atoms with Crippen LogP contribution < -0.4 is 5.32 Å². The molecule has 0 radical (unpaired) electrons. The lowest BCUT2D eigenvalue weighted by molar-refractivity contribution is -0.149. The first kappa shape index (κ1) is 43.7. The predicted octanol–water partition coefficient (Wildman–Crippen LogP) is 5.32. The van der Waals surface area contributed by atoms with Crippen molar-refractivity contribution in [2.24, 2.45) is 23.7 Å². The second-order valence-corrected chi connectivity index (χ2v) is 16.4. The highest BCUT2D eigenvalue weighted by atomic mass is 32.1. The predicted molar refractivity (Wildman–Crippen MR) is 204 cm³/mol. The fraction of sp³-hybridized carbons (Fsp3) is 0.650. The molecule has 2 amide bonds. The molecule has 0 bridgehead atoms. The van der Waals surface area contributed by atoms with Crippen molar-refractivity contribution in [2.75, 3.05) is 27.2 Å². The Morgan fingerprint density at radius 2 is 1.72 bits per heavy atom. The van der Waals surface area contributed by atoms with E-state index in [9.17, 15) is 34.2 Å². The second kappa shape index (κ2) is 20.7. The number of hydrogen-bond donors (Lipinski definition) is 3. The van der Waals surface area contributed by atoms with Gasteiger partial charge in [0.15, 0.2) is 11.9 Å². The van der Waals surface area contributed by atoms with Gasteiger partial charge in [0.2, 0.25) is 5.91 Å². The van der Waals surface area contributed by atoms with Crippen LogP contribution in [0, 0.1) is 23.7 Å². The van der Waals surface area contributed by atoms with E-state index in [4.69, 9.17) is 4.74 Å². The zero-order valence-electron chi connectivity index (χ0n) is 32.7. The molecule has 1 aliphatic rings. The number of aromatic nitrogens is 1. The summed E-state index contributed by atoms with van der Waals surface area (Å²) in [6, 6.07) is 8.36. The first-order chi connectivity index (χ1) is 25.0. The lowest BCUT2D eigenvalue weighted by atomic mass is 9.84. The highest BCUT2D eigenvalue weighted by molar-refractivity contribution is 7.12. The molecule has 1 aromatic carbocycles.